The standard InChI is InChI=1S/C26H20O7/c1-29-15-10-8-14(9-11-15)23-19-13-21(31-3)20(30-2)12-18(19)22(26(28)32-23)24-16-6-4-5-7-17(16)25(27)33-24/h4-13,23H,1-3H3. The SMILES string of the molecule is COc1ccc(C2OC(=O)C(=C3OC(=O)c4ccccc43)c3cc(OC)c(OC)cc32)cc1. The van der Waals surface area contributed by atoms with Crippen molar-refractivity contribution in [2.24, 2.45) is 0 Å². The summed E-state index contributed by atoms with van der Waals surface area (Å²) in [6, 6.07) is 17.7. The molecule has 1 atom stereocenters. The third-order valence-electron chi connectivity index (χ3n) is 5.77. The molecular weight excluding hydrogens is 424 g/mol. The molecule has 5 rings (SSSR count). The Bertz CT molecular complexity index is 1300. The molecule has 33 heavy (non-hydrogen) atoms. The maximum Gasteiger partial charge on any atom is 0.344 e. The molecule has 0 saturated carbocycles. The first-order valence-electron chi connectivity index (χ1n) is 10.2. The summed E-state index contributed by atoms with van der Waals surface area (Å²) in [5.74, 6) is 0.666. The fourth-order valence-electron chi connectivity index (χ4n) is 4.16. The van der Waals surface area contributed by atoms with E-state index in [0.29, 0.717) is 39.5 Å². The fraction of sp³-hybridized carbons (Fsp3) is 0.154. The van der Waals surface area contributed by atoms with E-state index in [-0.39, 0.29) is 11.3 Å². The van der Waals surface area contributed by atoms with Gasteiger partial charge in [-0.25, -0.2) is 9.59 Å². The van der Waals surface area contributed by atoms with Gasteiger partial charge in [0.05, 0.1) is 26.9 Å². The molecule has 7 heteroatoms. The molecule has 2 heterocycles. The van der Waals surface area contributed by atoms with Crippen LogP contribution < -0.4 is 14.2 Å². The molecule has 2 aliphatic heterocycles. The first-order valence-corrected chi connectivity index (χ1v) is 10.2. The van der Waals surface area contributed by atoms with Crippen molar-refractivity contribution in [1.82, 2.24) is 0 Å². The highest BCUT2D eigenvalue weighted by Crippen LogP contribution is 2.47. The Labute approximate surface area is 190 Å². The molecule has 0 radical (unpaired) electrons. The van der Waals surface area contributed by atoms with Gasteiger partial charge in [-0.1, -0.05) is 30.3 Å². The number of hydrogen-bond donors (Lipinski definition) is 0. The monoisotopic (exact) mass is 444 g/mol. The first-order chi connectivity index (χ1) is 16.0. The van der Waals surface area contributed by atoms with E-state index in [0.717, 1.165) is 5.56 Å². The number of ether oxygens (including phenoxy) is 5. The van der Waals surface area contributed by atoms with E-state index < -0.39 is 18.0 Å². The van der Waals surface area contributed by atoms with Crippen molar-refractivity contribution in [2.75, 3.05) is 21.3 Å². The van der Waals surface area contributed by atoms with Crippen molar-refractivity contribution in [2.45, 2.75) is 6.10 Å². The lowest BCUT2D eigenvalue weighted by Crippen LogP contribution is -2.23. The molecule has 0 saturated heterocycles. The number of benzene rings is 3. The van der Waals surface area contributed by atoms with E-state index in [9.17, 15) is 9.59 Å². The highest BCUT2D eigenvalue weighted by Gasteiger charge is 2.39. The molecule has 3 aromatic carbocycles. The lowest BCUT2D eigenvalue weighted by molar-refractivity contribution is -0.141. The highest BCUT2D eigenvalue weighted by atomic mass is 16.6. The number of methoxy groups -OCH3 is 3. The molecule has 3 aromatic rings. The van der Waals surface area contributed by atoms with E-state index in [2.05, 4.69) is 0 Å². The Kier molecular flexibility index (Phi) is 5.01. The molecule has 166 valence electrons. The van der Waals surface area contributed by atoms with Crippen LogP contribution in [0, 0.1) is 0 Å². The molecule has 0 aromatic heterocycles. The summed E-state index contributed by atoms with van der Waals surface area (Å²) < 4.78 is 27.7. The van der Waals surface area contributed by atoms with Gasteiger partial charge >= 0.3 is 11.9 Å². The van der Waals surface area contributed by atoms with Crippen LogP contribution in [0.1, 0.15) is 38.7 Å². The second-order valence-electron chi connectivity index (χ2n) is 7.49. The van der Waals surface area contributed by atoms with Gasteiger partial charge < -0.3 is 23.7 Å². The van der Waals surface area contributed by atoms with Crippen LogP contribution in [-0.2, 0) is 14.3 Å². The summed E-state index contributed by atoms with van der Waals surface area (Å²) in [4.78, 5) is 25.8. The maximum absolute atomic E-state index is 13.4. The Morgan fingerprint density at radius 2 is 1.39 bits per heavy atom. The molecule has 7 nitrogen and oxygen atoms in total. The number of hydrogen-bond acceptors (Lipinski definition) is 7. The quantitative estimate of drug-likeness (QED) is 0.436. The van der Waals surface area contributed by atoms with Crippen molar-refractivity contribution < 1.29 is 33.3 Å². The van der Waals surface area contributed by atoms with Crippen molar-refractivity contribution in [3.8, 4) is 17.2 Å². The van der Waals surface area contributed by atoms with Gasteiger partial charge in [-0.3, -0.25) is 0 Å². The maximum atomic E-state index is 13.4. The number of esters is 2. The zero-order valence-electron chi connectivity index (χ0n) is 18.2. The van der Waals surface area contributed by atoms with Crippen LogP contribution in [0.15, 0.2) is 60.7 Å². The Balaban J connectivity index is 1.76. The lowest BCUT2D eigenvalue weighted by atomic mass is 9.87. The molecule has 0 spiro atoms. The van der Waals surface area contributed by atoms with E-state index >= 15 is 0 Å². The number of carbonyl (C=O) groups is 2. The van der Waals surface area contributed by atoms with Gasteiger partial charge in [-0.05, 0) is 35.9 Å². The van der Waals surface area contributed by atoms with Gasteiger partial charge in [0.15, 0.2) is 23.4 Å². The Morgan fingerprint density at radius 1 is 0.727 bits per heavy atom. The van der Waals surface area contributed by atoms with E-state index in [1.54, 1.807) is 55.6 Å². The van der Waals surface area contributed by atoms with Crippen molar-refractivity contribution >= 4 is 23.3 Å². The van der Waals surface area contributed by atoms with Crippen LogP contribution in [-0.4, -0.2) is 33.3 Å². The van der Waals surface area contributed by atoms with Crippen molar-refractivity contribution in [3.05, 3.63) is 88.5 Å². The molecule has 2 aliphatic rings. The zero-order chi connectivity index (χ0) is 23.1. The average Bonchev–Trinajstić information content (AvgIpc) is 3.18. The molecule has 0 aliphatic carbocycles. The van der Waals surface area contributed by atoms with E-state index in [1.165, 1.54) is 14.2 Å². The number of carbonyl (C=O) groups excluding carboxylic acids is 2. The largest absolute Gasteiger partial charge is 0.497 e. The van der Waals surface area contributed by atoms with Crippen LogP contribution in [0.25, 0.3) is 11.3 Å². The number of fused-ring (bicyclic) bond motifs is 2. The molecule has 0 N–H and O–H groups in total. The molecule has 1 unspecified atom stereocenters. The smallest absolute Gasteiger partial charge is 0.344 e. The van der Waals surface area contributed by atoms with Gasteiger partial charge in [0.1, 0.15) is 11.3 Å². The summed E-state index contributed by atoms with van der Waals surface area (Å²) in [5, 5.41) is 0. The predicted molar refractivity (Wildman–Crippen MR) is 119 cm³/mol. The predicted octanol–water partition coefficient (Wildman–Crippen LogP) is 4.40. The molecule has 0 fully saturated rings. The van der Waals surface area contributed by atoms with Crippen LogP contribution in [0.5, 0.6) is 17.2 Å². The third kappa shape index (κ3) is 3.29. The third-order valence-corrected chi connectivity index (χ3v) is 5.77. The summed E-state index contributed by atoms with van der Waals surface area (Å²) in [5.41, 5.74) is 3.08. The van der Waals surface area contributed by atoms with Crippen LogP contribution in [0.2, 0.25) is 0 Å². The summed E-state index contributed by atoms with van der Waals surface area (Å²) in [6.07, 6.45) is -0.699. The van der Waals surface area contributed by atoms with Gasteiger partial charge in [0, 0.05) is 16.7 Å². The van der Waals surface area contributed by atoms with E-state index in [1.807, 2.05) is 12.1 Å². The topological polar surface area (TPSA) is 80.3 Å². The zero-order valence-corrected chi connectivity index (χ0v) is 18.2. The Hall–Kier alpha value is -4.26. The normalized spacial score (nSPS) is 18.7. The summed E-state index contributed by atoms with van der Waals surface area (Å²) in [6.45, 7) is 0. The minimum Gasteiger partial charge on any atom is -0.497 e. The Morgan fingerprint density at radius 3 is 2.06 bits per heavy atom. The minimum atomic E-state index is -0.699. The van der Waals surface area contributed by atoms with Crippen LogP contribution in [0.3, 0.4) is 0 Å². The minimum absolute atomic E-state index is 0.161. The summed E-state index contributed by atoms with van der Waals surface area (Å²) >= 11 is 0. The van der Waals surface area contributed by atoms with Gasteiger partial charge in [-0.15, -0.1) is 0 Å². The van der Waals surface area contributed by atoms with Crippen LogP contribution >= 0.6 is 0 Å². The molecular formula is C26H20O7. The van der Waals surface area contributed by atoms with Crippen molar-refractivity contribution in [1.29, 1.82) is 0 Å². The molecule has 0 amide bonds. The summed E-state index contributed by atoms with van der Waals surface area (Å²) in [7, 11) is 4.64. The van der Waals surface area contributed by atoms with Crippen molar-refractivity contribution in [3.63, 3.8) is 0 Å². The number of rotatable bonds is 4. The van der Waals surface area contributed by atoms with E-state index in [4.69, 9.17) is 23.7 Å². The molecule has 0 bridgehead atoms. The van der Waals surface area contributed by atoms with Gasteiger partial charge in [-0.2, -0.15) is 0 Å². The average molecular weight is 444 g/mol. The van der Waals surface area contributed by atoms with Crippen LogP contribution in [0.4, 0.5) is 0 Å². The second-order valence-corrected chi connectivity index (χ2v) is 7.49. The van der Waals surface area contributed by atoms with Gasteiger partial charge in [0.2, 0.25) is 0 Å². The first kappa shape index (κ1) is 20.6. The fourth-order valence-corrected chi connectivity index (χ4v) is 4.16. The highest BCUT2D eigenvalue weighted by molar-refractivity contribution is 6.27. The number of cyclic esters (lactones) is 2. The second kappa shape index (κ2) is 8.02. The van der Waals surface area contributed by atoms with Gasteiger partial charge in [0.25, 0.3) is 0 Å². The lowest BCUT2D eigenvalue weighted by Gasteiger charge is -2.29.